The van der Waals surface area contributed by atoms with E-state index in [9.17, 15) is 8.42 Å². The number of sulfonamides is 1. The van der Waals surface area contributed by atoms with Crippen LogP contribution in [0.3, 0.4) is 0 Å². The Hall–Kier alpha value is -0.580. The monoisotopic (exact) mass is 340 g/mol. The highest BCUT2D eigenvalue weighted by Crippen LogP contribution is 2.16. The van der Waals surface area contributed by atoms with Gasteiger partial charge in [-0.1, -0.05) is 0 Å². The lowest BCUT2D eigenvalue weighted by atomic mass is 10.1. The fourth-order valence-electron chi connectivity index (χ4n) is 1.13. The third-order valence-corrected chi connectivity index (χ3v) is 4.23. The highest BCUT2D eigenvalue weighted by atomic mass is 79.9. The summed E-state index contributed by atoms with van der Waals surface area (Å²) in [5, 5.41) is 27.2. The van der Waals surface area contributed by atoms with E-state index in [1.54, 1.807) is 0 Å². The minimum atomic E-state index is -4.00. The third-order valence-electron chi connectivity index (χ3n) is 2.25. The normalized spacial score (nSPS) is 12.7. The van der Waals surface area contributed by atoms with Gasteiger partial charge in [-0.25, -0.2) is 8.42 Å². The van der Waals surface area contributed by atoms with Crippen LogP contribution in [-0.2, 0) is 10.0 Å². The average molecular weight is 341 g/mol. The summed E-state index contributed by atoms with van der Waals surface area (Å²) in [6.07, 6.45) is 2.53. The van der Waals surface area contributed by atoms with Gasteiger partial charge in [0.05, 0.1) is 19.8 Å². The molecular formula is C9H13BrN2O5S. The number of halogens is 1. The van der Waals surface area contributed by atoms with Crippen molar-refractivity contribution in [1.82, 2.24) is 9.71 Å². The molecule has 0 unspecified atom stereocenters. The van der Waals surface area contributed by atoms with Gasteiger partial charge >= 0.3 is 0 Å². The van der Waals surface area contributed by atoms with Crippen LogP contribution in [0.5, 0.6) is 0 Å². The van der Waals surface area contributed by atoms with Gasteiger partial charge in [-0.15, -0.1) is 0 Å². The van der Waals surface area contributed by atoms with E-state index in [1.165, 1.54) is 12.3 Å². The lowest BCUT2D eigenvalue weighted by molar-refractivity contribution is 0.0582. The Bertz CT molecular complexity index is 495. The van der Waals surface area contributed by atoms with Gasteiger partial charge in [0.15, 0.2) is 0 Å². The first-order valence-corrected chi connectivity index (χ1v) is 7.14. The number of aromatic nitrogens is 1. The zero-order chi connectivity index (χ0) is 13.8. The molecule has 1 aromatic rings. The molecule has 0 aromatic carbocycles. The smallest absolute Gasteiger partial charge is 0.242 e. The molecular weight excluding hydrogens is 328 g/mol. The van der Waals surface area contributed by atoms with E-state index in [1.807, 2.05) is 0 Å². The Labute approximate surface area is 113 Å². The van der Waals surface area contributed by atoms with Gasteiger partial charge in [0, 0.05) is 16.9 Å². The fourth-order valence-corrected chi connectivity index (χ4v) is 3.01. The van der Waals surface area contributed by atoms with Crippen molar-refractivity contribution in [3.8, 4) is 0 Å². The molecule has 1 rings (SSSR count). The summed E-state index contributed by atoms with van der Waals surface area (Å²) in [4.78, 5) is 3.56. The number of nitrogens with zero attached hydrogens (tertiary/aromatic N) is 1. The van der Waals surface area contributed by atoms with Crippen molar-refractivity contribution in [1.29, 1.82) is 0 Å². The fraction of sp³-hybridized carbons (Fsp3) is 0.444. The molecule has 0 saturated carbocycles. The predicted octanol–water partition coefficient (Wildman–Crippen LogP) is -1.16. The van der Waals surface area contributed by atoms with Crippen LogP contribution < -0.4 is 4.72 Å². The van der Waals surface area contributed by atoms with Gasteiger partial charge in [-0.3, -0.25) is 4.98 Å². The van der Waals surface area contributed by atoms with Crippen LogP contribution >= 0.6 is 15.9 Å². The molecule has 102 valence electrons. The number of aliphatic hydroxyl groups is 3. The summed E-state index contributed by atoms with van der Waals surface area (Å²) in [5.41, 5.74) is -1.71. The lowest BCUT2D eigenvalue weighted by Gasteiger charge is -2.28. The summed E-state index contributed by atoms with van der Waals surface area (Å²) < 4.78 is 26.5. The maximum absolute atomic E-state index is 12.0. The van der Waals surface area contributed by atoms with Crippen LogP contribution in [0.2, 0.25) is 0 Å². The van der Waals surface area contributed by atoms with Crippen molar-refractivity contribution in [2.24, 2.45) is 0 Å². The Morgan fingerprint density at radius 1 is 1.22 bits per heavy atom. The number of hydrogen-bond donors (Lipinski definition) is 4. The summed E-state index contributed by atoms with van der Waals surface area (Å²) in [6, 6.07) is 1.31. The van der Waals surface area contributed by atoms with Gasteiger partial charge < -0.3 is 15.3 Å². The van der Waals surface area contributed by atoms with Crippen LogP contribution in [0.25, 0.3) is 0 Å². The van der Waals surface area contributed by atoms with E-state index in [0.717, 1.165) is 6.20 Å². The quantitative estimate of drug-likeness (QED) is 0.518. The molecule has 0 atom stereocenters. The van der Waals surface area contributed by atoms with E-state index in [-0.39, 0.29) is 4.90 Å². The zero-order valence-electron chi connectivity index (χ0n) is 9.24. The minimum Gasteiger partial charge on any atom is -0.394 e. The van der Waals surface area contributed by atoms with E-state index in [0.29, 0.717) is 4.47 Å². The zero-order valence-corrected chi connectivity index (χ0v) is 11.6. The molecule has 0 bridgehead atoms. The highest BCUT2D eigenvalue weighted by Gasteiger charge is 2.34. The molecule has 0 saturated heterocycles. The number of rotatable bonds is 6. The second-order valence-corrected chi connectivity index (χ2v) is 6.30. The lowest BCUT2D eigenvalue weighted by Crippen LogP contribution is -2.56. The van der Waals surface area contributed by atoms with Gasteiger partial charge in [0.1, 0.15) is 10.4 Å². The maximum atomic E-state index is 12.0. The maximum Gasteiger partial charge on any atom is 0.242 e. The van der Waals surface area contributed by atoms with Crippen molar-refractivity contribution in [2.45, 2.75) is 10.4 Å². The molecule has 0 aliphatic heterocycles. The van der Waals surface area contributed by atoms with Crippen LogP contribution in [0, 0.1) is 0 Å². The second-order valence-electron chi connectivity index (χ2n) is 3.70. The molecule has 4 N–H and O–H groups in total. The number of hydrogen-bond acceptors (Lipinski definition) is 6. The van der Waals surface area contributed by atoms with E-state index in [4.69, 9.17) is 15.3 Å². The molecule has 1 aromatic heterocycles. The van der Waals surface area contributed by atoms with Crippen molar-refractivity contribution in [2.75, 3.05) is 19.8 Å². The first-order chi connectivity index (χ1) is 8.39. The predicted molar refractivity (Wildman–Crippen MR) is 66.2 cm³/mol. The largest absolute Gasteiger partial charge is 0.394 e. The summed E-state index contributed by atoms with van der Waals surface area (Å²) in [7, 11) is -4.00. The molecule has 0 fully saturated rings. The van der Waals surface area contributed by atoms with Gasteiger partial charge in [0.25, 0.3) is 0 Å². The topological polar surface area (TPSA) is 120 Å². The van der Waals surface area contributed by atoms with Crippen LogP contribution in [0.1, 0.15) is 0 Å². The Morgan fingerprint density at radius 2 is 1.78 bits per heavy atom. The summed E-state index contributed by atoms with van der Waals surface area (Å²) in [6.45, 7) is -2.21. The third kappa shape index (κ3) is 3.46. The van der Waals surface area contributed by atoms with Crippen molar-refractivity contribution in [3.05, 3.63) is 22.9 Å². The molecule has 1 heterocycles. The molecule has 0 radical (unpaired) electrons. The molecule has 9 heteroatoms. The summed E-state index contributed by atoms with van der Waals surface area (Å²) >= 11 is 3.08. The van der Waals surface area contributed by atoms with Crippen molar-refractivity contribution in [3.63, 3.8) is 0 Å². The Kier molecular flexibility index (Phi) is 5.20. The SMILES string of the molecule is O=S(=O)(NC(CO)(CO)CO)c1cncc(Br)c1. The first-order valence-electron chi connectivity index (χ1n) is 4.86. The van der Waals surface area contributed by atoms with Crippen LogP contribution in [-0.4, -0.2) is 54.1 Å². The number of pyridine rings is 1. The molecule has 18 heavy (non-hydrogen) atoms. The molecule has 0 aliphatic carbocycles. The van der Waals surface area contributed by atoms with Gasteiger partial charge in [-0.05, 0) is 22.0 Å². The van der Waals surface area contributed by atoms with Crippen LogP contribution in [0.4, 0.5) is 0 Å². The first kappa shape index (κ1) is 15.5. The average Bonchev–Trinajstić information content (AvgIpc) is 2.36. The van der Waals surface area contributed by atoms with E-state index >= 15 is 0 Å². The Balaban J connectivity index is 3.08. The van der Waals surface area contributed by atoms with Crippen molar-refractivity contribution >= 4 is 26.0 Å². The van der Waals surface area contributed by atoms with Crippen molar-refractivity contribution < 1.29 is 23.7 Å². The minimum absolute atomic E-state index is 0.142. The standard InChI is InChI=1S/C9H13BrN2O5S/c10-7-1-8(3-11-2-7)18(16,17)12-9(4-13,5-14)6-15/h1-3,12-15H,4-6H2. The molecule has 0 aliphatic rings. The van der Waals surface area contributed by atoms with Gasteiger partial charge in [-0.2, -0.15) is 4.72 Å². The number of aliphatic hydroxyl groups excluding tert-OH is 3. The second kappa shape index (κ2) is 6.04. The van der Waals surface area contributed by atoms with Gasteiger partial charge in [0.2, 0.25) is 10.0 Å². The molecule has 0 spiro atoms. The Morgan fingerprint density at radius 3 is 2.22 bits per heavy atom. The number of nitrogens with one attached hydrogen (secondary N) is 1. The highest BCUT2D eigenvalue weighted by molar-refractivity contribution is 9.10. The molecule has 0 amide bonds. The van der Waals surface area contributed by atoms with E-state index < -0.39 is 35.4 Å². The summed E-state index contributed by atoms with van der Waals surface area (Å²) in [5.74, 6) is 0. The molecule has 7 nitrogen and oxygen atoms in total. The van der Waals surface area contributed by atoms with Crippen LogP contribution in [0.15, 0.2) is 27.8 Å². The van der Waals surface area contributed by atoms with E-state index in [2.05, 4.69) is 25.6 Å².